The molecule has 2 aromatic carbocycles. The van der Waals surface area contributed by atoms with Crippen molar-refractivity contribution in [1.82, 2.24) is 0 Å². The quantitative estimate of drug-likeness (QED) is 0.469. The van der Waals surface area contributed by atoms with Gasteiger partial charge in [-0.05, 0) is 75.2 Å². The molecule has 0 aliphatic heterocycles. The molecule has 0 fully saturated rings. The third-order valence-electron chi connectivity index (χ3n) is 4.39. The maximum Gasteiger partial charge on any atom is 0.347 e. The van der Waals surface area contributed by atoms with E-state index in [9.17, 15) is 9.90 Å². The van der Waals surface area contributed by atoms with Crippen LogP contribution in [0, 0.1) is 12.8 Å². The van der Waals surface area contributed by atoms with Gasteiger partial charge in [0.15, 0.2) is 5.60 Å². The molecule has 0 aliphatic rings. The second-order valence-electron chi connectivity index (χ2n) is 7.20. The molecule has 28 heavy (non-hydrogen) atoms. The van der Waals surface area contributed by atoms with Gasteiger partial charge in [-0.25, -0.2) is 4.79 Å². The Balaban J connectivity index is 1.90. The minimum atomic E-state index is -1.26. The Labute approximate surface area is 176 Å². The summed E-state index contributed by atoms with van der Waals surface area (Å²) in [6.45, 7) is 7.83. The fraction of sp³-hybridized carbons (Fsp3) is 0.409. The van der Waals surface area contributed by atoms with Gasteiger partial charge in [-0.3, -0.25) is 0 Å². The molecule has 1 atom stereocenters. The van der Waals surface area contributed by atoms with Crippen LogP contribution in [0.1, 0.15) is 32.8 Å². The van der Waals surface area contributed by atoms with Gasteiger partial charge in [0, 0.05) is 21.6 Å². The monoisotopic (exact) mass is 422 g/mol. The van der Waals surface area contributed by atoms with Crippen molar-refractivity contribution in [3.8, 4) is 11.5 Å². The van der Waals surface area contributed by atoms with Gasteiger partial charge in [-0.1, -0.05) is 18.5 Å². The second kappa shape index (κ2) is 10.1. The lowest BCUT2D eigenvalue weighted by molar-refractivity contribution is -0.152. The molecule has 0 amide bonds. The lowest BCUT2D eigenvalue weighted by Crippen LogP contribution is -2.38. The number of thioether (sulfide) groups is 1. The Bertz CT molecular complexity index is 790. The van der Waals surface area contributed by atoms with Crippen LogP contribution in [0.4, 0.5) is 0 Å². The molecule has 0 aromatic heterocycles. The van der Waals surface area contributed by atoms with Crippen LogP contribution in [0.15, 0.2) is 47.4 Å². The third kappa shape index (κ3) is 6.64. The number of carboxylic acid groups (broad SMARTS) is 1. The van der Waals surface area contributed by atoms with E-state index >= 15 is 0 Å². The largest absolute Gasteiger partial charge is 0.493 e. The number of aryl methyl sites for hydroxylation is 1. The van der Waals surface area contributed by atoms with E-state index in [-0.39, 0.29) is 0 Å². The van der Waals surface area contributed by atoms with E-state index in [1.165, 1.54) is 0 Å². The number of carbonyl (C=O) groups is 1. The molecule has 0 radical (unpaired) electrons. The van der Waals surface area contributed by atoms with Crippen LogP contribution in [-0.4, -0.2) is 29.0 Å². The Hall–Kier alpha value is -1.85. The molecule has 0 aliphatic carbocycles. The zero-order valence-corrected chi connectivity index (χ0v) is 18.3. The highest BCUT2D eigenvalue weighted by Crippen LogP contribution is 2.30. The van der Waals surface area contributed by atoms with Crippen LogP contribution < -0.4 is 9.47 Å². The fourth-order valence-electron chi connectivity index (χ4n) is 2.39. The molecule has 152 valence electrons. The summed E-state index contributed by atoms with van der Waals surface area (Å²) in [6, 6.07) is 13.2. The van der Waals surface area contributed by atoms with Crippen molar-refractivity contribution >= 4 is 29.3 Å². The minimum absolute atomic E-state index is 0.419. The molecule has 1 unspecified atom stereocenters. The summed E-state index contributed by atoms with van der Waals surface area (Å²) in [6.07, 6.45) is 1.02. The number of aliphatic carboxylic acids is 1. The van der Waals surface area contributed by atoms with Gasteiger partial charge in [-0.2, -0.15) is 0 Å². The predicted molar refractivity (Wildman–Crippen MR) is 115 cm³/mol. The normalized spacial score (nSPS) is 12.5. The molecular weight excluding hydrogens is 396 g/mol. The molecule has 0 saturated heterocycles. The van der Waals surface area contributed by atoms with E-state index in [2.05, 4.69) is 6.92 Å². The highest BCUT2D eigenvalue weighted by Gasteiger charge is 2.29. The fourth-order valence-corrected chi connectivity index (χ4v) is 3.70. The predicted octanol–water partition coefficient (Wildman–Crippen LogP) is 6.09. The Morgan fingerprint density at radius 1 is 1.21 bits per heavy atom. The van der Waals surface area contributed by atoms with Gasteiger partial charge in [0.25, 0.3) is 0 Å². The molecule has 1 N–H and O–H groups in total. The summed E-state index contributed by atoms with van der Waals surface area (Å²) in [4.78, 5) is 12.4. The summed E-state index contributed by atoms with van der Waals surface area (Å²) in [5.41, 5.74) is -0.337. The van der Waals surface area contributed by atoms with Crippen molar-refractivity contribution in [1.29, 1.82) is 0 Å². The van der Waals surface area contributed by atoms with Crippen molar-refractivity contribution < 1.29 is 19.4 Å². The number of hydrogen-bond donors (Lipinski definition) is 1. The summed E-state index contributed by atoms with van der Waals surface area (Å²) in [5, 5.41) is 9.92. The van der Waals surface area contributed by atoms with E-state index in [4.69, 9.17) is 21.1 Å². The smallest absolute Gasteiger partial charge is 0.347 e. The summed E-state index contributed by atoms with van der Waals surface area (Å²) >= 11 is 7.66. The highest BCUT2D eigenvalue weighted by atomic mass is 35.5. The topological polar surface area (TPSA) is 55.8 Å². The third-order valence-corrected chi connectivity index (χ3v) is 5.87. The maximum atomic E-state index is 11.2. The maximum absolute atomic E-state index is 11.2. The van der Waals surface area contributed by atoms with Crippen molar-refractivity contribution in [2.24, 2.45) is 5.92 Å². The zero-order chi connectivity index (χ0) is 20.7. The van der Waals surface area contributed by atoms with Gasteiger partial charge < -0.3 is 14.6 Å². The Morgan fingerprint density at radius 2 is 1.89 bits per heavy atom. The van der Waals surface area contributed by atoms with E-state index in [1.807, 2.05) is 49.4 Å². The highest BCUT2D eigenvalue weighted by molar-refractivity contribution is 7.99. The van der Waals surface area contributed by atoms with Crippen LogP contribution >= 0.6 is 23.4 Å². The summed E-state index contributed by atoms with van der Waals surface area (Å²) < 4.78 is 11.5. The molecule has 0 saturated carbocycles. The van der Waals surface area contributed by atoms with E-state index in [0.717, 1.165) is 28.4 Å². The van der Waals surface area contributed by atoms with Crippen LogP contribution in [-0.2, 0) is 4.79 Å². The first-order valence-electron chi connectivity index (χ1n) is 9.25. The molecular formula is C22H27ClO4S. The SMILES string of the molecule is CCC(COc1ccc(Cl)cc1)CSc1ccc(OC(C)(C)C(=O)O)c(C)c1. The first-order valence-corrected chi connectivity index (χ1v) is 10.6. The van der Waals surface area contributed by atoms with Crippen molar-refractivity contribution in [2.75, 3.05) is 12.4 Å². The van der Waals surface area contributed by atoms with Gasteiger partial charge in [0.2, 0.25) is 0 Å². The van der Waals surface area contributed by atoms with E-state index in [1.54, 1.807) is 25.6 Å². The average molecular weight is 423 g/mol. The molecule has 0 bridgehead atoms. The van der Waals surface area contributed by atoms with E-state index < -0.39 is 11.6 Å². The second-order valence-corrected chi connectivity index (χ2v) is 8.72. The molecule has 0 spiro atoms. The Morgan fingerprint density at radius 3 is 2.46 bits per heavy atom. The molecule has 0 heterocycles. The van der Waals surface area contributed by atoms with Crippen molar-refractivity contribution in [3.05, 3.63) is 53.1 Å². The Kier molecular flexibility index (Phi) is 8.08. The lowest BCUT2D eigenvalue weighted by atomic mass is 10.1. The molecule has 2 rings (SSSR count). The number of carboxylic acids is 1. The van der Waals surface area contributed by atoms with Gasteiger partial charge in [0.1, 0.15) is 11.5 Å². The average Bonchev–Trinajstić information content (AvgIpc) is 2.65. The summed E-state index contributed by atoms with van der Waals surface area (Å²) in [7, 11) is 0. The van der Waals surface area contributed by atoms with Crippen LogP contribution in [0.5, 0.6) is 11.5 Å². The van der Waals surface area contributed by atoms with Gasteiger partial charge in [0.05, 0.1) is 6.61 Å². The standard InChI is InChI=1S/C22H27ClO4S/c1-5-16(13-26-18-8-6-17(23)7-9-18)14-28-19-10-11-20(15(2)12-19)27-22(3,4)21(24)25/h6-12,16H,5,13-14H2,1-4H3,(H,24,25). The summed E-state index contributed by atoms with van der Waals surface area (Å²) in [5.74, 6) is 1.78. The number of ether oxygens (including phenoxy) is 2. The number of halogens is 1. The van der Waals surface area contributed by atoms with Crippen LogP contribution in [0.25, 0.3) is 0 Å². The van der Waals surface area contributed by atoms with Crippen molar-refractivity contribution in [3.63, 3.8) is 0 Å². The number of benzene rings is 2. The van der Waals surface area contributed by atoms with Crippen LogP contribution in [0.2, 0.25) is 5.02 Å². The number of hydrogen-bond acceptors (Lipinski definition) is 4. The first-order chi connectivity index (χ1) is 13.2. The molecule has 6 heteroatoms. The van der Waals surface area contributed by atoms with E-state index in [0.29, 0.717) is 23.3 Å². The van der Waals surface area contributed by atoms with Gasteiger partial charge in [-0.15, -0.1) is 11.8 Å². The molecule has 2 aromatic rings. The number of rotatable bonds is 10. The first kappa shape index (κ1) is 22.4. The minimum Gasteiger partial charge on any atom is -0.493 e. The molecule has 4 nitrogen and oxygen atoms in total. The lowest BCUT2D eigenvalue weighted by Gasteiger charge is -2.23. The van der Waals surface area contributed by atoms with Crippen LogP contribution in [0.3, 0.4) is 0 Å². The zero-order valence-electron chi connectivity index (χ0n) is 16.7. The van der Waals surface area contributed by atoms with Crippen molar-refractivity contribution in [2.45, 2.75) is 44.6 Å². The van der Waals surface area contributed by atoms with Gasteiger partial charge >= 0.3 is 5.97 Å².